The Balaban J connectivity index is 2.61. The highest BCUT2D eigenvalue weighted by molar-refractivity contribution is 7.42. The Labute approximate surface area is 212 Å². The molecule has 35 heavy (non-hydrogen) atoms. The number of hydrogen-bond donors (Lipinski definition) is 2. The van der Waals surface area contributed by atoms with E-state index in [4.69, 9.17) is 46.1 Å². The summed E-state index contributed by atoms with van der Waals surface area (Å²) in [4.78, 5) is 20.0. The molecule has 15 heteroatoms. The maximum Gasteiger partial charge on any atom is 0.397 e. The van der Waals surface area contributed by atoms with Crippen molar-refractivity contribution in [3.05, 3.63) is 43.8 Å². The number of aromatic hydroxyl groups is 1. The van der Waals surface area contributed by atoms with E-state index in [0.717, 1.165) is 6.07 Å². The topological polar surface area (TPSA) is 151 Å². The first kappa shape index (κ1) is 28.8. The van der Waals surface area contributed by atoms with Crippen molar-refractivity contribution < 1.29 is 33.0 Å². The molecule has 1 aromatic carbocycles. The Morgan fingerprint density at radius 1 is 1.26 bits per heavy atom. The molecular formula is C20H25Cl2N4O8P. The molecule has 0 atom stereocenters. The summed E-state index contributed by atoms with van der Waals surface area (Å²) in [5.74, 6) is -1.01. The van der Waals surface area contributed by atoms with Crippen molar-refractivity contribution in [2.45, 2.75) is 34.1 Å². The zero-order chi connectivity index (χ0) is 26.1. The zero-order valence-corrected chi connectivity index (χ0v) is 22.0. The summed E-state index contributed by atoms with van der Waals surface area (Å²) < 4.78 is 21.7. The molecule has 0 unspecified atom stereocenters. The minimum absolute atomic E-state index is 0.0442. The summed E-state index contributed by atoms with van der Waals surface area (Å²) >= 11 is 12.6. The monoisotopic (exact) mass is 550 g/mol. The van der Waals surface area contributed by atoms with Crippen LogP contribution >= 0.6 is 31.8 Å². The number of benzene rings is 1. The predicted molar refractivity (Wildman–Crippen MR) is 131 cm³/mol. The Morgan fingerprint density at radius 3 is 2.46 bits per heavy atom. The largest absolute Gasteiger partial charge is 0.500 e. The molecule has 0 radical (unpaired) electrons. The Bertz CT molecular complexity index is 1100. The van der Waals surface area contributed by atoms with Gasteiger partial charge < -0.3 is 23.2 Å². The Hall–Kier alpha value is -2.47. The highest BCUT2D eigenvalue weighted by Crippen LogP contribution is 2.48. The van der Waals surface area contributed by atoms with Gasteiger partial charge in [-0.15, -0.1) is 0 Å². The van der Waals surface area contributed by atoms with Crippen LogP contribution < -0.4 is 10.0 Å². The summed E-state index contributed by atoms with van der Waals surface area (Å²) in [5.41, 5.74) is 2.83. The van der Waals surface area contributed by atoms with Crippen LogP contribution in [0, 0.1) is 10.1 Å². The van der Waals surface area contributed by atoms with Gasteiger partial charge in [0.05, 0.1) is 36.4 Å². The van der Waals surface area contributed by atoms with Crippen LogP contribution in [0.4, 0.5) is 5.69 Å². The summed E-state index contributed by atoms with van der Waals surface area (Å²) in [7, 11) is -0.546. The van der Waals surface area contributed by atoms with Gasteiger partial charge in [0, 0.05) is 11.1 Å². The van der Waals surface area contributed by atoms with E-state index in [1.807, 2.05) is 6.92 Å². The van der Waals surface area contributed by atoms with E-state index in [-0.39, 0.29) is 41.4 Å². The first-order chi connectivity index (χ1) is 16.7. The molecule has 0 fully saturated rings. The molecule has 2 aromatic rings. The van der Waals surface area contributed by atoms with E-state index in [2.05, 4.69) is 15.6 Å². The third-order valence-electron chi connectivity index (χ3n) is 4.29. The molecule has 1 heterocycles. The fourth-order valence-corrected chi connectivity index (χ4v) is 4.02. The fraction of sp³-hybridized carbons (Fsp3) is 0.400. The van der Waals surface area contributed by atoms with Crippen LogP contribution in [0.1, 0.15) is 39.9 Å². The third kappa shape index (κ3) is 7.26. The molecule has 0 saturated carbocycles. The average molecular weight is 551 g/mol. The predicted octanol–water partition coefficient (Wildman–Crippen LogP) is 6.01. The summed E-state index contributed by atoms with van der Waals surface area (Å²) in [6.45, 7) is 7.57. The van der Waals surface area contributed by atoms with Gasteiger partial charge in [0.25, 0.3) is 5.89 Å². The van der Waals surface area contributed by atoms with E-state index < -0.39 is 25.0 Å². The smallest absolute Gasteiger partial charge is 0.397 e. The van der Waals surface area contributed by atoms with Gasteiger partial charge >= 0.3 is 14.3 Å². The maximum absolute atomic E-state index is 11.6. The van der Waals surface area contributed by atoms with Gasteiger partial charge in [-0.2, -0.15) is 4.98 Å². The number of allylic oxidation sites excluding steroid dienone is 3. The number of hydroxylamine groups is 1. The minimum atomic E-state index is -1.92. The first-order valence-electron chi connectivity index (χ1n) is 10.3. The van der Waals surface area contributed by atoms with Crippen LogP contribution in [0.25, 0.3) is 17.0 Å². The molecule has 0 aliphatic heterocycles. The van der Waals surface area contributed by atoms with Gasteiger partial charge in [-0.3, -0.25) is 20.4 Å². The van der Waals surface area contributed by atoms with Gasteiger partial charge in [-0.25, -0.2) is 0 Å². The maximum atomic E-state index is 11.6. The lowest BCUT2D eigenvalue weighted by molar-refractivity contribution is -0.385. The number of nitrogens with one attached hydrogen (secondary N) is 1. The van der Waals surface area contributed by atoms with Crippen molar-refractivity contribution in [1.82, 2.24) is 15.6 Å². The standard InChI is InChI=1S/C20H25Cl2N4O8P/c1-6-13(21)11(4)16(18(22)24-30-5)19-23-20(33-25-19)12-9-14(26(28)29)17(27)15(10-12)34-35(31-7-2)32-8-3/h9-10,24,27H,6-8H2,1-5H3/b13-11+,18-16+. The third-order valence-corrected chi connectivity index (χ3v) is 6.39. The summed E-state index contributed by atoms with van der Waals surface area (Å²) in [5, 5.41) is 26.5. The quantitative estimate of drug-likeness (QED) is 0.0990. The van der Waals surface area contributed by atoms with Gasteiger partial charge in [-0.1, -0.05) is 35.3 Å². The van der Waals surface area contributed by atoms with Crippen molar-refractivity contribution in [2.24, 2.45) is 0 Å². The fourth-order valence-electron chi connectivity index (χ4n) is 2.72. The van der Waals surface area contributed by atoms with Gasteiger partial charge in [-0.05, 0) is 38.8 Å². The second-order valence-corrected chi connectivity index (χ2v) is 8.53. The number of phenolic OH excluding ortho intramolecular Hbond substituents is 1. The second-order valence-electron chi connectivity index (χ2n) is 6.55. The molecule has 0 bridgehead atoms. The number of nitro benzene ring substituents is 1. The molecule has 0 aliphatic carbocycles. The van der Waals surface area contributed by atoms with Crippen LogP contribution in [-0.4, -0.2) is 40.5 Å². The van der Waals surface area contributed by atoms with Crippen molar-refractivity contribution in [3.8, 4) is 23.0 Å². The molecule has 0 spiro atoms. The van der Waals surface area contributed by atoms with Crippen molar-refractivity contribution in [3.63, 3.8) is 0 Å². The lowest BCUT2D eigenvalue weighted by Gasteiger charge is -2.16. The van der Waals surface area contributed by atoms with E-state index in [1.54, 1.807) is 20.8 Å². The van der Waals surface area contributed by atoms with Gasteiger partial charge in [0.2, 0.25) is 11.6 Å². The minimum Gasteiger partial charge on any atom is -0.500 e. The molecule has 2 N–H and O–H groups in total. The Kier molecular flexibility index (Phi) is 11.2. The Morgan fingerprint density at radius 2 is 1.91 bits per heavy atom. The number of halogens is 2. The van der Waals surface area contributed by atoms with Crippen LogP contribution in [-0.2, 0) is 13.9 Å². The SMILES string of the molecule is CCOP(OCC)Oc1cc(-c2nc(C(=C(\Cl)NOC)/C(C)=C(/Cl)CC)no2)cc([N+](=O)[O-])c1O. The highest BCUT2D eigenvalue weighted by Gasteiger charge is 2.27. The van der Waals surface area contributed by atoms with Crippen molar-refractivity contribution in [1.29, 1.82) is 0 Å². The van der Waals surface area contributed by atoms with E-state index >= 15 is 0 Å². The van der Waals surface area contributed by atoms with E-state index in [9.17, 15) is 15.2 Å². The molecule has 0 amide bonds. The zero-order valence-electron chi connectivity index (χ0n) is 19.6. The number of nitro groups is 1. The average Bonchev–Trinajstić information content (AvgIpc) is 3.29. The molecule has 0 aliphatic rings. The van der Waals surface area contributed by atoms with Crippen LogP contribution in [0.15, 0.2) is 32.4 Å². The molecule has 12 nitrogen and oxygen atoms in total. The highest BCUT2D eigenvalue weighted by atomic mass is 35.5. The number of nitrogens with zero attached hydrogens (tertiary/aromatic N) is 3. The summed E-state index contributed by atoms with van der Waals surface area (Å²) in [6, 6.07) is 2.37. The molecule has 2 rings (SSSR count). The van der Waals surface area contributed by atoms with Crippen LogP contribution in [0.3, 0.4) is 0 Å². The summed E-state index contributed by atoms with van der Waals surface area (Å²) in [6.07, 6.45) is 0.520. The molecule has 192 valence electrons. The number of phenols is 1. The normalized spacial score (nSPS) is 12.9. The number of rotatable bonds is 13. The van der Waals surface area contributed by atoms with Crippen LogP contribution in [0.2, 0.25) is 0 Å². The van der Waals surface area contributed by atoms with Gasteiger partial charge in [0.15, 0.2) is 5.75 Å². The lowest BCUT2D eigenvalue weighted by atomic mass is 10.1. The molecular weight excluding hydrogens is 526 g/mol. The van der Waals surface area contributed by atoms with E-state index in [1.165, 1.54) is 13.2 Å². The van der Waals surface area contributed by atoms with Crippen LogP contribution in [0.5, 0.6) is 11.5 Å². The van der Waals surface area contributed by atoms with E-state index in [0.29, 0.717) is 22.6 Å². The van der Waals surface area contributed by atoms with Crippen molar-refractivity contribution in [2.75, 3.05) is 20.3 Å². The first-order valence-corrected chi connectivity index (χ1v) is 12.2. The molecule has 0 saturated heterocycles. The number of hydrogen-bond acceptors (Lipinski definition) is 11. The lowest BCUT2D eigenvalue weighted by Crippen LogP contribution is -2.10. The van der Waals surface area contributed by atoms with Gasteiger partial charge in [0.1, 0.15) is 5.16 Å². The number of aromatic nitrogens is 2. The van der Waals surface area contributed by atoms with Crippen molar-refractivity contribution >= 4 is 43.1 Å². The second kappa shape index (κ2) is 13.6. The molecule has 1 aromatic heterocycles.